The van der Waals surface area contributed by atoms with Crippen LogP contribution in [0.3, 0.4) is 0 Å². The topological polar surface area (TPSA) is 29.5 Å². The minimum Gasteiger partial charge on any atom is -0.312 e. The van der Waals surface area contributed by atoms with Crippen LogP contribution in [0.1, 0.15) is 0 Å². The number of halogens is 9. The van der Waals surface area contributed by atoms with E-state index in [0.717, 1.165) is 12.1 Å². The molecule has 3 nitrogen and oxygen atoms in total. The van der Waals surface area contributed by atoms with E-state index < -0.39 is 50.4 Å². The van der Waals surface area contributed by atoms with Gasteiger partial charge in [-0.05, 0) is 12.1 Å². The lowest BCUT2D eigenvalue weighted by Gasteiger charge is -2.39. The number of hydrogen-bond donors (Lipinski definition) is 0. The summed E-state index contributed by atoms with van der Waals surface area (Å²) in [5, 5.41) is 0.495. The molecule has 0 bridgehead atoms. The molecule has 0 aliphatic heterocycles. The van der Waals surface area contributed by atoms with Crippen LogP contribution in [0.15, 0.2) is 36.5 Å². The Hall–Kier alpha value is -2.02. The summed E-state index contributed by atoms with van der Waals surface area (Å²) in [6, 6.07) is 4.97. The Morgan fingerprint density at radius 3 is 2.00 bits per heavy atom. The van der Waals surface area contributed by atoms with Crippen molar-refractivity contribution in [2.45, 2.75) is 37.2 Å². The van der Waals surface area contributed by atoms with Crippen molar-refractivity contribution in [3.63, 3.8) is 0 Å². The van der Waals surface area contributed by atoms with E-state index in [1.165, 1.54) is 12.1 Å². The van der Waals surface area contributed by atoms with E-state index in [4.69, 9.17) is 0 Å². The van der Waals surface area contributed by atoms with Crippen molar-refractivity contribution in [1.29, 1.82) is 0 Å². The number of hydrogen-bond acceptors (Lipinski definition) is 2. The molecule has 170 valence electrons. The molecule has 0 saturated heterocycles. The molecule has 13 heteroatoms. The summed E-state index contributed by atoms with van der Waals surface area (Å²) in [7, 11) is -1.81. The molecule has 0 spiro atoms. The van der Waals surface area contributed by atoms with Crippen LogP contribution in [0.25, 0.3) is 0 Å². The number of likely N-dealkylation sites (N-methyl/N-ethyl adjacent to an activating group) is 1. The Balaban J connectivity index is 3.65. The van der Waals surface area contributed by atoms with Crippen LogP contribution in [-0.4, -0.2) is 51.8 Å². The maximum Gasteiger partial charge on any atom is 0.436 e. The Morgan fingerprint density at radius 1 is 1.10 bits per heavy atom. The van der Waals surface area contributed by atoms with Crippen LogP contribution >= 0.6 is 0 Å². The number of amides is 1. The zero-order valence-electron chi connectivity index (χ0n) is 16.0. The summed E-state index contributed by atoms with van der Waals surface area (Å²) in [5.41, 5.74) is -4.86. The summed E-state index contributed by atoms with van der Waals surface area (Å²) in [6.07, 6.45) is -18.9. The van der Waals surface area contributed by atoms with Gasteiger partial charge in [0.1, 0.15) is 8.07 Å². The first-order valence-corrected chi connectivity index (χ1v) is 11.2. The van der Waals surface area contributed by atoms with Crippen LogP contribution in [0.4, 0.5) is 45.2 Å². The number of nitrogens with zero attached hydrogens (tertiary/aromatic N) is 1. The molecule has 1 aromatic rings. The van der Waals surface area contributed by atoms with Gasteiger partial charge < -0.3 is 4.90 Å². The predicted molar refractivity (Wildman–Crippen MR) is 94.0 cm³/mol. The van der Waals surface area contributed by atoms with Crippen molar-refractivity contribution in [1.82, 2.24) is 0 Å². The van der Waals surface area contributed by atoms with Gasteiger partial charge in [0, 0.05) is 12.7 Å². The number of ether oxygens (including phenoxy) is 1. The van der Waals surface area contributed by atoms with Crippen LogP contribution in [0.5, 0.6) is 0 Å². The summed E-state index contributed by atoms with van der Waals surface area (Å²) in [6.45, 7) is 4.14. The van der Waals surface area contributed by atoms with Crippen LogP contribution in [-0.2, 0) is 9.53 Å². The maximum absolute atomic E-state index is 13.4. The molecule has 0 fully saturated rings. The molecule has 30 heavy (non-hydrogen) atoms. The van der Waals surface area contributed by atoms with E-state index in [-0.39, 0.29) is 4.90 Å². The number of alkyl halides is 9. The molecular formula is C17H18F9NO2Si. The lowest BCUT2D eigenvalue weighted by Crippen LogP contribution is -2.69. The first-order chi connectivity index (χ1) is 13.4. The van der Waals surface area contributed by atoms with Crippen molar-refractivity contribution in [3.05, 3.63) is 36.5 Å². The fourth-order valence-electron chi connectivity index (χ4n) is 2.40. The van der Waals surface area contributed by atoms with Gasteiger partial charge in [-0.1, -0.05) is 36.1 Å². The molecule has 1 rings (SSSR count). The molecule has 1 aromatic carbocycles. The van der Waals surface area contributed by atoms with Gasteiger partial charge in [-0.2, -0.15) is 35.1 Å². The Kier molecular flexibility index (Phi) is 7.15. The lowest BCUT2D eigenvalue weighted by atomic mass is 9.99. The average molecular weight is 467 g/mol. The van der Waals surface area contributed by atoms with Gasteiger partial charge in [0.15, 0.2) is 6.67 Å². The molecule has 0 saturated carbocycles. The SMILES string of the molecule is C=C[Si](C)(C)c1cccc(N(C)C(=O)C(OC(F)(F)CF)(C(F)(F)F)C(F)(F)F)c1. The zero-order valence-corrected chi connectivity index (χ0v) is 17.0. The highest BCUT2D eigenvalue weighted by Gasteiger charge is 2.80. The van der Waals surface area contributed by atoms with E-state index >= 15 is 0 Å². The molecule has 0 aliphatic carbocycles. The van der Waals surface area contributed by atoms with Crippen molar-refractivity contribution in [3.8, 4) is 0 Å². The van der Waals surface area contributed by atoms with Gasteiger partial charge in [0.2, 0.25) is 0 Å². The van der Waals surface area contributed by atoms with Gasteiger partial charge >= 0.3 is 24.1 Å². The van der Waals surface area contributed by atoms with Crippen molar-refractivity contribution >= 4 is 24.9 Å². The van der Waals surface area contributed by atoms with E-state index in [2.05, 4.69) is 11.3 Å². The Labute approximate surface area is 167 Å². The number of benzene rings is 1. The number of anilines is 1. The highest BCUT2D eigenvalue weighted by Crippen LogP contribution is 2.49. The number of carbonyl (C=O) groups excluding carboxylic acids is 1. The Bertz CT molecular complexity index is 776. The molecule has 0 heterocycles. The van der Waals surface area contributed by atoms with Crippen molar-refractivity contribution in [2.24, 2.45) is 0 Å². The highest BCUT2D eigenvalue weighted by atomic mass is 28.3. The second-order valence-electron chi connectivity index (χ2n) is 6.89. The molecule has 0 aliphatic rings. The normalized spacial score (nSPS) is 13.9. The molecule has 0 atom stereocenters. The highest BCUT2D eigenvalue weighted by molar-refractivity contribution is 6.93. The third-order valence-corrected chi connectivity index (χ3v) is 7.17. The second-order valence-corrected chi connectivity index (χ2v) is 11.3. The number of carbonyl (C=O) groups is 1. The monoisotopic (exact) mass is 467 g/mol. The van der Waals surface area contributed by atoms with Gasteiger partial charge in [-0.25, -0.2) is 4.39 Å². The van der Waals surface area contributed by atoms with Crippen LogP contribution in [0.2, 0.25) is 13.1 Å². The minimum atomic E-state index is -6.68. The van der Waals surface area contributed by atoms with Crippen LogP contribution < -0.4 is 10.1 Å². The van der Waals surface area contributed by atoms with Crippen molar-refractivity contribution < 1.29 is 49.0 Å². The number of rotatable bonds is 7. The van der Waals surface area contributed by atoms with Crippen molar-refractivity contribution in [2.75, 3.05) is 18.6 Å². The van der Waals surface area contributed by atoms with E-state index in [0.29, 0.717) is 12.2 Å². The molecule has 0 unspecified atom stereocenters. The average Bonchev–Trinajstić information content (AvgIpc) is 2.63. The fraction of sp³-hybridized carbons (Fsp3) is 0.471. The summed E-state index contributed by atoms with van der Waals surface area (Å²) in [4.78, 5) is 12.3. The van der Waals surface area contributed by atoms with Gasteiger partial charge in [0.25, 0.3) is 5.91 Å². The Morgan fingerprint density at radius 2 is 1.60 bits per heavy atom. The molecule has 0 N–H and O–H groups in total. The second kappa shape index (κ2) is 8.25. The van der Waals surface area contributed by atoms with E-state index in [1.807, 2.05) is 0 Å². The minimum absolute atomic E-state index is 0.105. The smallest absolute Gasteiger partial charge is 0.312 e. The molecular weight excluding hydrogens is 449 g/mol. The van der Waals surface area contributed by atoms with E-state index in [1.54, 1.807) is 18.8 Å². The molecule has 0 aromatic heterocycles. The first-order valence-electron chi connectivity index (χ1n) is 8.16. The molecule has 0 radical (unpaired) electrons. The van der Waals surface area contributed by atoms with Crippen LogP contribution in [0, 0.1) is 0 Å². The summed E-state index contributed by atoms with van der Waals surface area (Å²) in [5.74, 6) is -2.90. The third kappa shape index (κ3) is 4.82. The van der Waals surface area contributed by atoms with E-state index in [9.17, 15) is 44.3 Å². The maximum atomic E-state index is 13.4. The first kappa shape index (κ1) is 26.0. The summed E-state index contributed by atoms with van der Waals surface area (Å²) < 4.78 is 122. The largest absolute Gasteiger partial charge is 0.436 e. The standard InChI is InChI=1S/C17H18F9NO2Si/c1-5-30(3,4)12-8-6-7-11(9-12)27(2)13(28)15(16(21,22)23,17(24,25)26)29-14(19,20)10-18/h5-9H,1,10H2,2-4H3. The van der Waals surface area contributed by atoms with Gasteiger partial charge in [-0.3, -0.25) is 9.53 Å². The van der Waals surface area contributed by atoms with Gasteiger partial charge in [-0.15, -0.1) is 6.58 Å². The van der Waals surface area contributed by atoms with Gasteiger partial charge in [0.05, 0.1) is 0 Å². The predicted octanol–water partition coefficient (Wildman–Crippen LogP) is 4.73. The third-order valence-electron chi connectivity index (χ3n) is 4.35. The zero-order chi connectivity index (χ0) is 23.8. The quantitative estimate of drug-likeness (QED) is 0.429. The fourth-order valence-corrected chi connectivity index (χ4v) is 3.68. The summed E-state index contributed by atoms with van der Waals surface area (Å²) >= 11 is 0. The molecule has 1 amide bonds. The lowest BCUT2D eigenvalue weighted by molar-refractivity contribution is -0.421.